The minimum Gasteiger partial charge on any atom is -0.472 e. The second-order valence-corrected chi connectivity index (χ2v) is 4.47. The molecule has 104 valence electrons. The van der Waals surface area contributed by atoms with E-state index in [0.717, 1.165) is 24.1 Å². The summed E-state index contributed by atoms with van der Waals surface area (Å²) in [5, 5.41) is 3.12. The molecule has 0 saturated carbocycles. The summed E-state index contributed by atoms with van der Waals surface area (Å²) in [5.74, 6) is 0.678. The fourth-order valence-corrected chi connectivity index (χ4v) is 1.81. The summed E-state index contributed by atoms with van der Waals surface area (Å²) in [6, 6.07) is 14.1. The predicted molar refractivity (Wildman–Crippen MR) is 82.6 cm³/mol. The van der Waals surface area contributed by atoms with Crippen LogP contribution in [-0.2, 0) is 6.61 Å². The highest BCUT2D eigenvalue weighted by molar-refractivity contribution is 5.54. The number of hydrogen-bond donors (Lipinski definition) is 1. The van der Waals surface area contributed by atoms with Gasteiger partial charge in [0.15, 0.2) is 0 Å². The molecule has 1 aromatic carbocycles. The Labute approximate surface area is 120 Å². The molecular formula is C17H20N2O. The second kappa shape index (κ2) is 8.12. The van der Waals surface area contributed by atoms with E-state index in [2.05, 4.69) is 22.5 Å². The van der Waals surface area contributed by atoms with Gasteiger partial charge in [-0.15, -0.1) is 0 Å². The van der Waals surface area contributed by atoms with Crippen LogP contribution in [0.1, 0.15) is 17.5 Å². The summed E-state index contributed by atoms with van der Waals surface area (Å²) < 4.78 is 5.80. The fraction of sp³-hybridized carbons (Fsp3) is 0.235. The van der Waals surface area contributed by atoms with E-state index in [0.29, 0.717) is 12.5 Å². The molecule has 0 radical (unpaired) electrons. The topological polar surface area (TPSA) is 34.2 Å². The number of nitrogens with one attached hydrogen (secondary N) is 1. The normalized spacial score (nSPS) is 10.8. The van der Waals surface area contributed by atoms with Crippen molar-refractivity contribution in [2.75, 3.05) is 13.6 Å². The third kappa shape index (κ3) is 4.52. The van der Waals surface area contributed by atoms with Gasteiger partial charge in [0, 0.05) is 11.8 Å². The Balaban J connectivity index is 1.98. The first-order chi connectivity index (χ1) is 9.90. The molecule has 1 aromatic heterocycles. The highest BCUT2D eigenvalue weighted by Crippen LogP contribution is 2.17. The monoisotopic (exact) mass is 268 g/mol. The van der Waals surface area contributed by atoms with Gasteiger partial charge in [-0.3, -0.25) is 0 Å². The average Bonchev–Trinajstić information content (AvgIpc) is 2.51. The minimum absolute atomic E-state index is 0.537. The number of benzene rings is 1. The first kappa shape index (κ1) is 14.3. The first-order valence-corrected chi connectivity index (χ1v) is 6.83. The molecule has 0 fully saturated rings. The van der Waals surface area contributed by atoms with Crippen molar-refractivity contribution in [1.29, 1.82) is 0 Å². The molecule has 1 heterocycles. The first-order valence-electron chi connectivity index (χ1n) is 6.83. The fourth-order valence-electron chi connectivity index (χ4n) is 1.81. The van der Waals surface area contributed by atoms with E-state index in [9.17, 15) is 0 Å². The van der Waals surface area contributed by atoms with Crippen molar-refractivity contribution in [2.24, 2.45) is 0 Å². The molecule has 0 saturated heterocycles. The van der Waals surface area contributed by atoms with Crippen LogP contribution >= 0.6 is 0 Å². The molecule has 1 N–H and O–H groups in total. The SMILES string of the molecule is CNCCC=Cc1cccnc1OCc1ccccc1. The molecule has 3 nitrogen and oxygen atoms in total. The molecule has 20 heavy (non-hydrogen) atoms. The van der Waals surface area contributed by atoms with Gasteiger partial charge in [0.2, 0.25) is 5.88 Å². The molecule has 0 amide bonds. The van der Waals surface area contributed by atoms with Crippen LogP contribution < -0.4 is 10.1 Å². The largest absolute Gasteiger partial charge is 0.472 e. The Kier molecular flexibility index (Phi) is 5.80. The van der Waals surface area contributed by atoms with E-state index in [1.54, 1.807) is 6.20 Å². The lowest BCUT2D eigenvalue weighted by Crippen LogP contribution is -2.05. The summed E-state index contributed by atoms with van der Waals surface area (Å²) in [6.07, 6.45) is 6.93. The Morgan fingerprint density at radius 2 is 2.00 bits per heavy atom. The Morgan fingerprint density at radius 3 is 2.80 bits per heavy atom. The summed E-state index contributed by atoms with van der Waals surface area (Å²) in [6.45, 7) is 1.51. The summed E-state index contributed by atoms with van der Waals surface area (Å²) in [7, 11) is 1.95. The van der Waals surface area contributed by atoms with E-state index >= 15 is 0 Å². The molecule has 0 spiro atoms. The van der Waals surface area contributed by atoms with E-state index < -0.39 is 0 Å². The van der Waals surface area contributed by atoms with E-state index in [1.807, 2.05) is 49.5 Å². The van der Waals surface area contributed by atoms with Crippen molar-refractivity contribution in [3.05, 3.63) is 65.9 Å². The van der Waals surface area contributed by atoms with Crippen LogP contribution in [0, 0.1) is 0 Å². The predicted octanol–water partition coefficient (Wildman–Crippen LogP) is 3.28. The van der Waals surface area contributed by atoms with E-state index in [4.69, 9.17) is 4.74 Å². The average molecular weight is 268 g/mol. The Morgan fingerprint density at radius 1 is 1.15 bits per heavy atom. The molecular weight excluding hydrogens is 248 g/mol. The Bertz CT molecular complexity index is 538. The van der Waals surface area contributed by atoms with Crippen molar-refractivity contribution in [3.8, 4) is 5.88 Å². The van der Waals surface area contributed by atoms with Crippen molar-refractivity contribution in [2.45, 2.75) is 13.0 Å². The van der Waals surface area contributed by atoms with Gasteiger partial charge >= 0.3 is 0 Å². The van der Waals surface area contributed by atoms with Crippen LogP contribution in [0.25, 0.3) is 6.08 Å². The molecule has 0 unspecified atom stereocenters. The highest BCUT2D eigenvalue weighted by atomic mass is 16.5. The van der Waals surface area contributed by atoms with E-state index in [-0.39, 0.29) is 0 Å². The van der Waals surface area contributed by atoms with Crippen molar-refractivity contribution < 1.29 is 4.74 Å². The van der Waals surface area contributed by atoms with Gasteiger partial charge in [-0.05, 0) is 37.7 Å². The van der Waals surface area contributed by atoms with E-state index in [1.165, 1.54) is 0 Å². The number of rotatable bonds is 7. The summed E-state index contributed by atoms with van der Waals surface area (Å²) >= 11 is 0. The second-order valence-electron chi connectivity index (χ2n) is 4.47. The third-order valence-electron chi connectivity index (χ3n) is 2.88. The molecule has 2 rings (SSSR count). The van der Waals surface area contributed by atoms with Gasteiger partial charge in [-0.2, -0.15) is 0 Å². The number of aromatic nitrogens is 1. The zero-order valence-electron chi connectivity index (χ0n) is 11.8. The number of hydrogen-bond acceptors (Lipinski definition) is 3. The lowest BCUT2D eigenvalue weighted by molar-refractivity contribution is 0.293. The third-order valence-corrected chi connectivity index (χ3v) is 2.88. The molecule has 0 aliphatic heterocycles. The quantitative estimate of drug-likeness (QED) is 0.782. The molecule has 3 heteroatoms. The van der Waals surface area contributed by atoms with Gasteiger partial charge in [-0.25, -0.2) is 4.98 Å². The maximum atomic E-state index is 5.80. The lowest BCUT2D eigenvalue weighted by atomic mass is 10.2. The molecule has 0 aliphatic rings. The summed E-state index contributed by atoms with van der Waals surface area (Å²) in [5.41, 5.74) is 2.16. The molecule has 0 aliphatic carbocycles. The van der Waals surface area contributed by atoms with Crippen LogP contribution in [0.4, 0.5) is 0 Å². The van der Waals surface area contributed by atoms with Gasteiger partial charge in [0.25, 0.3) is 0 Å². The lowest BCUT2D eigenvalue weighted by Gasteiger charge is -2.07. The summed E-state index contributed by atoms with van der Waals surface area (Å²) in [4.78, 5) is 4.30. The highest BCUT2D eigenvalue weighted by Gasteiger charge is 2.01. The van der Waals surface area contributed by atoms with Gasteiger partial charge in [0.1, 0.15) is 6.61 Å². The number of pyridine rings is 1. The van der Waals surface area contributed by atoms with Crippen LogP contribution in [0.2, 0.25) is 0 Å². The van der Waals surface area contributed by atoms with Crippen LogP contribution in [-0.4, -0.2) is 18.6 Å². The maximum Gasteiger partial charge on any atom is 0.221 e. The van der Waals surface area contributed by atoms with Crippen LogP contribution in [0.3, 0.4) is 0 Å². The van der Waals surface area contributed by atoms with Gasteiger partial charge in [-0.1, -0.05) is 42.5 Å². The van der Waals surface area contributed by atoms with Crippen molar-refractivity contribution in [1.82, 2.24) is 10.3 Å². The molecule has 0 atom stereocenters. The standard InChI is InChI=1S/C17H20N2O/c1-18-12-6-5-10-16-11-7-13-19-17(16)20-14-15-8-3-2-4-9-15/h2-5,7-11,13,18H,6,12,14H2,1H3. The minimum atomic E-state index is 0.537. The molecule has 0 bridgehead atoms. The zero-order valence-corrected chi connectivity index (χ0v) is 11.8. The van der Waals surface area contributed by atoms with Crippen molar-refractivity contribution >= 4 is 6.08 Å². The van der Waals surface area contributed by atoms with Crippen LogP contribution in [0.15, 0.2) is 54.7 Å². The molecule has 2 aromatic rings. The van der Waals surface area contributed by atoms with Gasteiger partial charge in [0.05, 0.1) is 0 Å². The van der Waals surface area contributed by atoms with Gasteiger partial charge < -0.3 is 10.1 Å². The zero-order chi connectivity index (χ0) is 14.0. The maximum absolute atomic E-state index is 5.80. The van der Waals surface area contributed by atoms with Crippen LogP contribution in [0.5, 0.6) is 5.88 Å². The van der Waals surface area contributed by atoms with Crippen molar-refractivity contribution in [3.63, 3.8) is 0 Å². The number of ether oxygens (including phenoxy) is 1. The Hall–Kier alpha value is -2.13. The number of nitrogens with zero attached hydrogens (tertiary/aromatic N) is 1. The smallest absolute Gasteiger partial charge is 0.221 e.